The van der Waals surface area contributed by atoms with Crippen LogP contribution in [0.1, 0.15) is 16.7 Å². The molecule has 0 spiro atoms. The van der Waals surface area contributed by atoms with Crippen molar-refractivity contribution < 1.29 is 0 Å². The molecule has 0 radical (unpaired) electrons. The van der Waals surface area contributed by atoms with Crippen LogP contribution in [-0.4, -0.2) is 4.57 Å². The lowest BCUT2D eigenvalue weighted by molar-refractivity contribution is 1.18. The Morgan fingerprint density at radius 3 is 2.03 bits per heavy atom. The lowest BCUT2D eigenvalue weighted by Crippen LogP contribution is -1.92. The zero-order valence-electron chi connectivity index (χ0n) is 21.9. The lowest BCUT2D eigenvalue weighted by atomic mass is 9.93. The summed E-state index contributed by atoms with van der Waals surface area (Å²) in [6.07, 6.45) is 0.985. The molecular formula is C38H27N. The van der Waals surface area contributed by atoms with Crippen molar-refractivity contribution in [3.63, 3.8) is 0 Å². The van der Waals surface area contributed by atoms with Crippen molar-refractivity contribution in [1.82, 2.24) is 4.57 Å². The van der Waals surface area contributed by atoms with E-state index in [0.29, 0.717) is 0 Å². The minimum Gasteiger partial charge on any atom is -0.309 e. The normalized spacial score (nSPS) is 12.1. The summed E-state index contributed by atoms with van der Waals surface area (Å²) in [7, 11) is 0. The summed E-state index contributed by atoms with van der Waals surface area (Å²) in [5, 5.41) is 2.57. The molecule has 0 fully saturated rings. The van der Waals surface area contributed by atoms with Crippen LogP contribution in [0.4, 0.5) is 0 Å². The fourth-order valence-corrected chi connectivity index (χ4v) is 6.52. The van der Waals surface area contributed by atoms with Gasteiger partial charge in [-0.25, -0.2) is 0 Å². The smallest absolute Gasteiger partial charge is 0.0541 e. The molecule has 1 heteroatoms. The Kier molecular flexibility index (Phi) is 4.87. The van der Waals surface area contributed by atoms with Crippen LogP contribution in [-0.2, 0) is 6.42 Å². The first-order chi connectivity index (χ1) is 19.3. The molecule has 1 aliphatic carbocycles. The summed E-state index contributed by atoms with van der Waals surface area (Å²) in [5.74, 6) is 0. The van der Waals surface area contributed by atoms with Crippen molar-refractivity contribution in [2.24, 2.45) is 0 Å². The lowest BCUT2D eigenvalue weighted by Gasteiger charge is -2.11. The summed E-state index contributed by atoms with van der Waals surface area (Å²) in [5.41, 5.74) is 15.8. The second-order valence-electron chi connectivity index (χ2n) is 10.6. The van der Waals surface area contributed by atoms with E-state index in [1.165, 1.54) is 77.6 Å². The topological polar surface area (TPSA) is 4.93 Å². The van der Waals surface area contributed by atoms with Gasteiger partial charge in [0.1, 0.15) is 0 Å². The predicted octanol–water partition coefficient (Wildman–Crippen LogP) is 10.00. The van der Waals surface area contributed by atoms with Crippen LogP contribution in [0.5, 0.6) is 0 Å². The molecule has 6 aromatic carbocycles. The third-order valence-electron chi connectivity index (χ3n) is 8.40. The number of aryl methyl sites for hydroxylation is 1. The van der Waals surface area contributed by atoms with Crippen molar-refractivity contribution in [2.75, 3.05) is 0 Å². The average molecular weight is 498 g/mol. The molecular weight excluding hydrogens is 470 g/mol. The third kappa shape index (κ3) is 3.40. The molecule has 1 aromatic heterocycles. The summed E-state index contributed by atoms with van der Waals surface area (Å²) in [6, 6.07) is 48.9. The molecule has 1 aliphatic rings. The van der Waals surface area contributed by atoms with Crippen molar-refractivity contribution in [3.05, 3.63) is 150 Å². The zero-order chi connectivity index (χ0) is 25.9. The molecule has 0 amide bonds. The van der Waals surface area contributed by atoms with E-state index in [9.17, 15) is 0 Å². The van der Waals surface area contributed by atoms with Gasteiger partial charge in [0, 0.05) is 16.5 Å². The Morgan fingerprint density at radius 2 is 1.15 bits per heavy atom. The fourth-order valence-electron chi connectivity index (χ4n) is 6.52. The Bertz CT molecular complexity index is 2040. The van der Waals surface area contributed by atoms with Crippen LogP contribution < -0.4 is 0 Å². The van der Waals surface area contributed by atoms with E-state index in [2.05, 4.69) is 145 Å². The monoisotopic (exact) mass is 497 g/mol. The minimum atomic E-state index is 0.985. The summed E-state index contributed by atoms with van der Waals surface area (Å²) in [4.78, 5) is 0. The predicted molar refractivity (Wildman–Crippen MR) is 165 cm³/mol. The molecule has 184 valence electrons. The van der Waals surface area contributed by atoms with Gasteiger partial charge < -0.3 is 4.57 Å². The van der Waals surface area contributed by atoms with E-state index in [0.717, 1.165) is 6.42 Å². The van der Waals surface area contributed by atoms with Gasteiger partial charge in [-0.15, -0.1) is 0 Å². The van der Waals surface area contributed by atoms with Crippen LogP contribution in [0.3, 0.4) is 0 Å². The number of benzene rings is 6. The third-order valence-corrected chi connectivity index (χ3v) is 8.40. The molecule has 0 aliphatic heterocycles. The maximum absolute atomic E-state index is 2.40. The van der Waals surface area contributed by atoms with E-state index in [4.69, 9.17) is 0 Å². The highest BCUT2D eigenvalue weighted by Gasteiger charge is 2.23. The molecule has 1 nitrogen and oxygen atoms in total. The van der Waals surface area contributed by atoms with Crippen molar-refractivity contribution in [1.29, 1.82) is 0 Å². The van der Waals surface area contributed by atoms with E-state index in [1.807, 2.05) is 0 Å². The molecule has 0 N–H and O–H groups in total. The number of aromatic nitrogens is 1. The van der Waals surface area contributed by atoms with Gasteiger partial charge in [-0.2, -0.15) is 0 Å². The minimum absolute atomic E-state index is 0.985. The van der Waals surface area contributed by atoms with Crippen molar-refractivity contribution in [3.8, 4) is 39.1 Å². The Labute approximate surface area is 228 Å². The van der Waals surface area contributed by atoms with Crippen LogP contribution in [0, 0.1) is 6.92 Å². The van der Waals surface area contributed by atoms with Gasteiger partial charge in [0.25, 0.3) is 0 Å². The van der Waals surface area contributed by atoms with Gasteiger partial charge in [-0.05, 0) is 99.8 Å². The van der Waals surface area contributed by atoms with E-state index >= 15 is 0 Å². The number of rotatable bonds is 3. The maximum Gasteiger partial charge on any atom is 0.0541 e. The molecule has 1 heterocycles. The standard InChI is InChI=1S/C38H27N/c1-25-10-5-6-13-30(25)31-15-9-16-32-34-22-26(18-19-28(34)24-35(31)32)27-20-21-38-36(23-27)33-14-7-8-17-37(33)39(38)29-11-3-2-4-12-29/h2-23H,24H2,1H3. The highest BCUT2D eigenvalue weighted by molar-refractivity contribution is 6.10. The molecule has 0 saturated carbocycles. The van der Waals surface area contributed by atoms with E-state index in [1.54, 1.807) is 0 Å². The van der Waals surface area contributed by atoms with Gasteiger partial charge in [0.15, 0.2) is 0 Å². The van der Waals surface area contributed by atoms with Crippen molar-refractivity contribution >= 4 is 21.8 Å². The quantitative estimate of drug-likeness (QED) is 0.229. The molecule has 8 rings (SSSR count). The van der Waals surface area contributed by atoms with Gasteiger partial charge in [0.05, 0.1) is 11.0 Å². The second kappa shape index (κ2) is 8.58. The molecule has 39 heavy (non-hydrogen) atoms. The van der Waals surface area contributed by atoms with Gasteiger partial charge in [-0.3, -0.25) is 0 Å². The number of para-hydroxylation sites is 2. The molecule has 7 aromatic rings. The summed E-state index contributed by atoms with van der Waals surface area (Å²) < 4.78 is 2.38. The first-order valence-electron chi connectivity index (χ1n) is 13.7. The fraction of sp³-hybridized carbons (Fsp3) is 0.0526. The Hall–Kier alpha value is -4.88. The maximum atomic E-state index is 2.40. The zero-order valence-corrected chi connectivity index (χ0v) is 21.9. The van der Waals surface area contributed by atoms with Crippen LogP contribution in [0.2, 0.25) is 0 Å². The van der Waals surface area contributed by atoms with Crippen molar-refractivity contribution in [2.45, 2.75) is 13.3 Å². The van der Waals surface area contributed by atoms with Crippen LogP contribution in [0.15, 0.2) is 133 Å². The molecule has 0 atom stereocenters. The average Bonchev–Trinajstić information content (AvgIpc) is 3.53. The first-order valence-corrected chi connectivity index (χ1v) is 13.7. The van der Waals surface area contributed by atoms with Gasteiger partial charge >= 0.3 is 0 Å². The van der Waals surface area contributed by atoms with E-state index < -0.39 is 0 Å². The Balaban J connectivity index is 1.28. The van der Waals surface area contributed by atoms with Crippen LogP contribution in [0.25, 0.3) is 60.9 Å². The summed E-state index contributed by atoms with van der Waals surface area (Å²) in [6.45, 7) is 2.21. The number of hydrogen-bond acceptors (Lipinski definition) is 0. The van der Waals surface area contributed by atoms with E-state index in [-0.39, 0.29) is 0 Å². The number of fused-ring (bicyclic) bond motifs is 6. The summed E-state index contributed by atoms with van der Waals surface area (Å²) >= 11 is 0. The highest BCUT2D eigenvalue weighted by atomic mass is 15.0. The molecule has 0 saturated heterocycles. The number of nitrogens with zero attached hydrogens (tertiary/aromatic N) is 1. The first kappa shape index (κ1) is 22.1. The highest BCUT2D eigenvalue weighted by Crippen LogP contribution is 2.44. The largest absolute Gasteiger partial charge is 0.309 e. The molecule has 0 unspecified atom stereocenters. The Morgan fingerprint density at radius 1 is 0.487 bits per heavy atom. The van der Waals surface area contributed by atoms with Gasteiger partial charge in [-0.1, -0.05) is 97.1 Å². The van der Waals surface area contributed by atoms with Crippen LogP contribution >= 0.6 is 0 Å². The van der Waals surface area contributed by atoms with Gasteiger partial charge in [0.2, 0.25) is 0 Å². The second-order valence-corrected chi connectivity index (χ2v) is 10.6. The number of hydrogen-bond donors (Lipinski definition) is 0. The SMILES string of the molecule is Cc1ccccc1-c1cccc2c1Cc1ccc(-c3ccc4c(c3)c3ccccc3n4-c3ccccc3)cc1-2. The molecule has 0 bridgehead atoms.